The number of rotatable bonds is 11. The molecule has 0 saturated heterocycles. The van der Waals surface area contributed by atoms with E-state index < -0.39 is 40.2 Å². The van der Waals surface area contributed by atoms with E-state index in [4.69, 9.17) is 0 Å². The molecule has 0 saturated carbocycles. The van der Waals surface area contributed by atoms with Gasteiger partial charge in [0.15, 0.2) is 0 Å². The monoisotopic (exact) mass is 539 g/mol. The minimum absolute atomic E-state index is 0.0271. The van der Waals surface area contributed by atoms with Crippen molar-refractivity contribution in [2.75, 3.05) is 10.8 Å². The van der Waals surface area contributed by atoms with Crippen LogP contribution in [-0.4, -0.2) is 43.8 Å². The first-order valence-electron chi connectivity index (χ1n) is 12.5. The molecule has 2 amide bonds. The van der Waals surface area contributed by atoms with Gasteiger partial charge in [0.1, 0.15) is 18.4 Å². The second-order valence-electron chi connectivity index (χ2n) is 9.22. The second kappa shape index (κ2) is 12.7. The molecule has 2 atom stereocenters. The van der Waals surface area contributed by atoms with Gasteiger partial charge in [-0.3, -0.25) is 13.9 Å². The molecule has 0 aliphatic heterocycles. The molecular weight excluding hydrogens is 505 g/mol. The fraction of sp³-hybridized carbons (Fsp3) is 0.310. The van der Waals surface area contributed by atoms with Crippen LogP contribution in [0, 0.1) is 12.7 Å². The maximum Gasteiger partial charge on any atom is 0.264 e. The van der Waals surface area contributed by atoms with Crippen LogP contribution in [0.4, 0.5) is 10.1 Å². The smallest absolute Gasteiger partial charge is 0.264 e. The Labute approximate surface area is 224 Å². The molecule has 7 nitrogen and oxygen atoms in total. The third-order valence-corrected chi connectivity index (χ3v) is 8.24. The number of hydrogen-bond donors (Lipinski definition) is 1. The van der Waals surface area contributed by atoms with Crippen LogP contribution in [0.25, 0.3) is 0 Å². The van der Waals surface area contributed by atoms with Gasteiger partial charge in [-0.15, -0.1) is 0 Å². The number of halogens is 1. The van der Waals surface area contributed by atoms with Crippen molar-refractivity contribution in [2.24, 2.45) is 0 Å². The Hall–Kier alpha value is -3.72. The molecule has 0 aliphatic rings. The van der Waals surface area contributed by atoms with E-state index in [2.05, 4.69) is 5.32 Å². The average Bonchev–Trinajstić information content (AvgIpc) is 2.91. The number of sulfonamides is 1. The summed E-state index contributed by atoms with van der Waals surface area (Å²) < 4.78 is 43.2. The van der Waals surface area contributed by atoms with Crippen molar-refractivity contribution in [3.05, 3.63) is 95.8 Å². The molecule has 202 valence electrons. The topological polar surface area (TPSA) is 86.8 Å². The van der Waals surface area contributed by atoms with E-state index in [1.54, 1.807) is 62.4 Å². The Morgan fingerprint density at radius 3 is 2.16 bits per heavy atom. The van der Waals surface area contributed by atoms with E-state index in [0.717, 1.165) is 4.31 Å². The van der Waals surface area contributed by atoms with E-state index in [-0.39, 0.29) is 23.0 Å². The Morgan fingerprint density at radius 1 is 0.921 bits per heavy atom. The summed E-state index contributed by atoms with van der Waals surface area (Å²) in [5, 5.41) is 2.86. The summed E-state index contributed by atoms with van der Waals surface area (Å²) in [4.78, 5) is 28.1. The van der Waals surface area contributed by atoms with Crippen LogP contribution in [-0.2, 0) is 26.2 Å². The first-order chi connectivity index (χ1) is 18.1. The van der Waals surface area contributed by atoms with Gasteiger partial charge in [0, 0.05) is 18.2 Å². The Bertz CT molecular complexity index is 1370. The van der Waals surface area contributed by atoms with Crippen molar-refractivity contribution in [3.8, 4) is 0 Å². The first-order valence-corrected chi connectivity index (χ1v) is 14.0. The van der Waals surface area contributed by atoms with E-state index >= 15 is 0 Å². The highest BCUT2D eigenvalue weighted by Crippen LogP contribution is 2.27. The maximum absolute atomic E-state index is 14.6. The lowest BCUT2D eigenvalue weighted by Gasteiger charge is -2.33. The minimum atomic E-state index is -4.14. The van der Waals surface area contributed by atoms with Crippen LogP contribution in [0.2, 0.25) is 0 Å². The fourth-order valence-corrected chi connectivity index (χ4v) is 5.43. The number of benzene rings is 3. The lowest BCUT2D eigenvalue weighted by Crippen LogP contribution is -2.52. The average molecular weight is 540 g/mol. The molecule has 38 heavy (non-hydrogen) atoms. The molecule has 1 N–H and O–H groups in total. The predicted molar refractivity (Wildman–Crippen MR) is 146 cm³/mol. The molecular formula is C29H34FN3O4S. The van der Waals surface area contributed by atoms with Crippen molar-refractivity contribution in [3.63, 3.8) is 0 Å². The zero-order valence-electron chi connectivity index (χ0n) is 22.1. The third kappa shape index (κ3) is 6.77. The predicted octanol–water partition coefficient (Wildman–Crippen LogP) is 4.66. The van der Waals surface area contributed by atoms with Crippen molar-refractivity contribution < 1.29 is 22.4 Å². The van der Waals surface area contributed by atoms with E-state index in [1.807, 2.05) is 13.8 Å². The summed E-state index contributed by atoms with van der Waals surface area (Å²) in [5.74, 6) is -1.56. The standard InChI is InChI=1S/C29H34FN3O4S/c1-5-22(3)31-29(35)23(4)32(19-24-14-10-11-17-26(24)30)28(34)20-33(27-18-12-9-13-21(27)2)38(36,37)25-15-7-6-8-16-25/h6-18,22-23H,5,19-20H2,1-4H3,(H,31,35)/t22-,23-/m1/s1. The number of carbonyl (C=O) groups excluding carboxylic acids is 2. The number of nitrogens with zero attached hydrogens (tertiary/aromatic N) is 2. The zero-order chi connectivity index (χ0) is 27.9. The summed E-state index contributed by atoms with van der Waals surface area (Å²) in [6, 6.07) is 19.6. The van der Waals surface area contributed by atoms with Crippen LogP contribution in [0.3, 0.4) is 0 Å². The second-order valence-corrected chi connectivity index (χ2v) is 11.1. The molecule has 9 heteroatoms. The summed E-state index contributed by atoms with van der Waals surface area (Å²) in [5.41, 5.74) is 1.22. The maximum atomic E-state index is 14.6. The molecule has 0 aromatic heterocycles. The third-order valence-electron chi connectivity index (χ3n) is 6.46. The number of hydrogen-bond acceptors (Lipinski definition) is 4. The largest absolute Gasteiger partial charge is 0.352 e. The molecule has 0 heterocycles. The molecule has 0 bridgehead atoms. The van der Waals surface area contributed by atoms with Crippen molar-refractivity contribution in [1.29, 1.82) is 0 Å². The summed E-state index contributed by atoms with van der Waals surface area (Å²) in [6.07, 6.45) is 0.691. The van der Waals surface area contributed by atoms with E-state index in [9.17, 15) is 22.4 Å². The van der Waals surface area contributed by atoms with Gasteiger partial charge in [0.25, 0.3) is 10.0 Å². The van der Waals surface area contributed by atoms with Gasteiger partial charge in [-0.25, -0.2) is 12.8 Å². The SMILES string of the molecule is CC[C@@H](C)NC(=O)[C@@H](C)N(Cc1ccccc1F)C(=O)CN(c1ccccc1C)S(=O)(=O)c1ccccc1. The number of aryl methyl sites for hydroxylation is 1. The number of nitrogens with one attached hydrogen (secondary N) is 1. The molecule has 3 rings (SSSR count). The minimum Gasteiger partial charge on any atom is -0.352 e. The van der Waals surface area contributed by atoms with Crippen molar-refractivity contribution in [1.82, 2.24) is 10.2 Å². The van der Waals surface area contributed by atoms with Crippen LogP contribution in [0.5, 0.6) is 0 Å². The van der Waals surface area contributed by atoms with Crippen molar-refractivity contribution >= 4 is 27.5 Å². The first kappa shape index (κ1) is 28.8. The van der Waals surface area contributed by atoms with Crippen LogP contribution in [0.15, 0.2) is 83.8 Å². The van der Waals surface area contributed by atoms with Crippen molar-refractivity contribution in [2.45, 2.75) is 57.6 Å². The molecule has 0 radical (unpaired) electrons. The van der Waals surface area contributed by atoms with Gasteiger partial charge < -0.3 is 10.2 Å². The fourth-order valence-electron chi connectivity index (χ4n) is 3.93. The molecule has 0 unspecified atom stereocenters. The van der Waals surface area contributed by atoms with Gasteiger partial charge in [0.2, 0.25) is 11.8 Å². The normalized spacial score (nSPS) is 12.9. The van der Waals surface area contributed by atoms with Gasteiger partial charge in [-0.05, 0) is 57.0 Å². The van der Waals surface area contributed by atoms with Gasteiger partial charge in [0.05, 0.1) is 10.6 Å². The quantitative estimate of drug-likeness (QED) is 0.384. The number of carbonyl (C=O) groups is 2. The number of amides is 2. The zero-order valence-corrected chi connectivity index (χ0v) is 22.9. The highest BCUT2D eigenvalue weighted by atomic mass is 32.2. The summed E-state index contributed by atoms with van der Waals surface area (Å²) in [6.45, 7) is 6.31. The molecule has 0 fully saturated rings. The van der Waals surface area contributed by atoms with Crippen LogP contribution >= 0.6 is 0 Å². The molecule has 0 spiro atoms. The highest BCUT2D eigenvalue weighted by molar-refractivity contribution is 7.92. The number of anilines is 1. The van der Waals surface area contributed by atoms with Gasteiger partial charge in [-0.2, -0.15) is 0 Å². The lowest BCUT2D eigenvalue weighted by atomic mass is 10.1. The van der Waals surface area contributed by atoms with E-state index in [0.29, 0.717) is 17.7 Å². The van der Waals surface area contributed by atoms with Crippen LogP contribution in [0.1, 0.15) is 38.3 Å². The van der Waals surface area contributed by atoms with E-state index in [1.165, 1.54) is 35.2 Å². The Kier molecular flexibility index (Phi) is 9.63. The number of para-hydroxylation sites is 1. The summed E-state index contributed by atoms with van der Waals surface area (Å²) in [7, 11) is -4.14. The highest BCUT2D eigenvalue weighted by Gasteiger charge is 2.33. The van der Waals surface area contributed by atoms with Crippen LogP contribution < -0.4 is 9.62 Å². The summed E-state index contributed by atoms with van der Waals surface area (Å²) >= 11 is 0. The Morgan fingerprint density at radius 2 is 1.53 bits per heavy atom. The van der Waals surface area contributed by atoms with Gasteiger partial charge in [-0.1, -0.05) is 61.5 Å². The lowest BCUT2D eigenvalue weighted by molar-refractivity contribution is -0.139. The van der Waals surface area contributed by atoms with Gasteiger partial charge >= 0.3 is 0 Å². The molecule has 0 aliphatic carbocycles. The Balaban J connectivity index is 2.04. The molecule has 3 aromatic rings. The molecule has 3 aromatic carbocycles.